The average Bonchev–Trinajstić information content (AvgIpc) is 3.19. The number of carbonyl (C=O) groups is 2. The Morgan fingerprint density at radius 1 is 1.34 bits per heavy atom. The van der Waals surface area contributed by atoms with Gasteiger partial charge in [-0.2, -0.15) is 8.75 Å². The van der Waals surface area contributed by atoms with E-state index in [-0.39, 0.29) is 30.2 Å². The molecular weight excluding hydrogens is 392 g/mol. The molecule has 2 aromatic rings. The zero-order chi connectivity index (χ0) is 20.8. The Kier molecular flexibility index (Phi) is 7.16. The predicted molar refractivity (Wildman–Crippen MR) is 109 cm³/mol. The van der Waals surface area contributed by atoms with Crippen molar-refractivity contribution in [1.29, 1.82) is 0 Å². The molecule has 1 fully saturated rings. The molecule has 1 aliphatic heterocycles. The van der Waals surface area contributed by atoms with Gasteiger partial charge in [-0.3, -0.25) is 9.59 Å². The van der Waals surface area contributed by atoms with Gasteiger partial charge in [-0.15, -0.1) is 0 Å². The molecule has 9 heteroatoms. The number of benzene rings is 1. The van der Waals surface area contributed by atoms with Gasteiger partial charge in [0.15, 0.2) is 5.69 Å². The van der Waals surface area contributed by atoms with Crippen LogP contribution < -0.4 is 4.74 Å². The molecule has 1 saturated heterocycles. The van der Waals surface area contributed by atoms with E-state index in [2.05, 4.69) is 22.6 Å². The van der Waals surface area contributed by atoms with Gasteiger partial charge in [0.2, 0.25) is 5.91 Å². The molecular formula is C20H26N4O4S. The van der Waals surface area contributed by atoms with E-state index in [1.165, 1.54) is 11.1 Å². The number of hydrogen-bond acceptors (Lipinski definition) is 7. The molecule has 1 aromatic heterocycles. The first-order valence-corrected chi connectivity index (χ1v) is 10.3. The van der Waals surface area contributed by atoms with Crippen molar-refractivity contribution in [3.05, 3.63) is 41.7 Å². The van der Waals surface area contributed by atoms with Gasteiger partial charge >= 0.3 is 0 Å². The Balaban J connectivity index is 1.74. The van der Waals surface area contributed by atoms with Crippen molar-refractivity contribution in [2.75, 3.05) is 33.3 Å². The smallest absolute Gasteiger partial charge is 0.275 e. The highest BCUT2D eigenvalue weighted by molar-refractivity contribution is 6.99. The topological polar surface area (TPSA) is 84.9 Å². The van der Waals surface area contributed by atoms with Crippen molar-refractivity contribution in [3.8, 4) is 5.75 Å². The average molecular weight is 419 g/mol. The predicted octanol–water partition coefficient (Wildman–Crippen LogP) is 2.07. The fourth-order valence-corrected chi connectivity index (χ4v) is 3.66. The molecule has 0 bridgehead atoms. The van der Waals surface area contributed by atoms with E-state index in [1.54, 1.807) is 12.0 Å². The molecule has 1 aliphatic rings. The van der Waals surface area contributed by atoms with Crippen LogP contribution in [0.5, 0.6) is 5.75 Å². The first-order chi connectivity index (χ1) is 14.0. The van der Waals surface area contributed by atoms with Gasteiger partial charge in [0.25, 0.3) is 5.91 Å². The zero-order valence-electron chi connectivity index (χ0n) is 16.9. The van der Waals surface area contributed by atoms with Crippen molar-refractivity contribution in [2.24, 2.45) is 5.92 Å². The Hall–Kier alpha value is -2.52. The highest BCUT2D eigenvalue weighted by atomic mass is 32.1. The summed E-state index contributed by atoms with van der Waals surface area (Å²) < 4.78 is 19.3. The number of ether oxygens (including phenoxy) is 2. The molecule has 0 aliphatic carbocycles. The van der Waals surface area contributed by atoms with Crippen LogP contribution in [0.4, 0.5) is 0 Å². The van der Waals surface area contributed by atoms with Gasteiger partial charge in [0.05, 0.1) is 37.7 Å². The molecule has 29 heavy (non-hydrogen) atoms. The number of methoxy groups -OCH3 is 1. The number of nitrogens with zero attached hydrogens (tertiary/aromatic N) is 4. The highest BCUT2D eigenvalue weighted by Crippen LogP contribution is 2.17. The van der Waals surface area contributed by atoms with Crippen LogP contribution in [0.2, 0.25) is 0 Å². The summed E-state index contributed by atoms with van der Waals surface area (Å²) in [5.74, 6) is 0.704. The largest absolute Gasteiger partial charge is 0.497 e. The summed E-state index contributed by atoms with van der Waals surface area (Å²) in [6, 6.07) is 7.66. The summed E-state index contributed by atoms with van der Waals surface area (Å²) in [5.41, 5.74) is 1.23. The van der Waals surface area contributed by atoms with Crippen LogP contribution in [0, 0.1) is 5.92 Å². The van der Waals surface area contributed by atoms with E-state index in [9.17, 15) is 9.59 Å². The molecule has 8 nitrogen and oxygen atoms in total. The van der Waals surface area contributed by atoms with Gasteiger partial charge in [-0.05, 0) is 23.6 Å². The van der Waals surface area contributed by atoms with Crippen molar-refractivity contribution < 1.29 is 19.1 Å². The van der Waals surface area contributed by atoms with E-state index in [1.807, 2.05) is 24.3 Å². The van der Waals surface area contributed by atoms with E-state index in [0.717, 1.165) is 23.0 Å². The summed E-state index contributed by atoms with van der Waals surface area (Å²) in [6.45, 7) is 5.90. The Morgan fingerprint density at radius 2 is 2.17 bits per heavy atom. The zero-order valence-corrected chi connectivity index (χ0v) is 17.7. The van der Waals surface area contributed by atoms with Gasteiger partial charge in [0, 0.05) is 19.6 Å². The minimum atomic E-state index is -0.304. The number of hydrogen-bond donors (Lipinski definition) is 0. The fourth-order valence-electron chi connectivity index (χ4n) is 3.25. The van der Waals surface area contributed by atoms with Crippen molar-refractivity contribution in [3.63, 3.8) is 0 Å². The maximum absolute atomic E-state index is 12.8. The molecule has 2 amide bonds. The standard InChI is InChI=1S/C20H26N4O4S/c1-14(2)9-23-10-17(28-13-15-5-4-6-16(7-15)27-3)11-24(12-19(23)25)20(26)18-8-21-29-22-18/h4-8,14,17H,9-13H2,1-3H3. The lowest BCUT2D eigenvalue weighted by atomic mass is 10.2. The van der Waals surface area contributed by atoms with E-state index in [4.69, 9.17) is 9.47 Å². The molecule has 1 aromatic carbocycles. The van der Waals surface area contributed by atoms with Crippen molar-refractivity contribution in [2.45, 2.75) is 26.6 Å². The summed E-state index contributed by atoms with van der Waals surface area (Å²) >= 11 is 0.973. The van der Waals surface area contributed by atoms with Crippen LogP contribution in [-0.2, 0) is 16.1 Å². The number of carbonyl (C=O) groups excluding carboxylic acids is 2. The molecule has 0 radical (unpaired) electrons. The van der Waals surface area contributed by atoms with Crippen LogP contribution >= 0.6 is 11.7 Å². The number of aromatic nitrogens is 2. The summed E-state index contributed by atoms with van der Waals surface area (Å²) in [4.78, 5) is 28.8. The first kappa shape index (κ1) is 21.2. The highest BCUT2D eigenvalue weighted by Gasteiger charge is 2.32. The lowest BCUT2D eigenvalue weighted by Gasteiger charge is -2.26. The lowest BCUT2D eigenvalue weighted by molar-refractivity contribution is -0.132. The van der Waals surface area contributed by atoms with Crippen LogP contribution in [0.3, 0.4) is 0 Å². The third-order valence-electron chi connectivity index (χ3n) is 4.60. The summed E-state index contributed by atoms with van der Waals surface area (Å²) in [7, 11) is 1.62. The normalized spacial score (nSPS) is 17.5. The second-order valence-electron chi connectivity index (χ2n) is 7.46. The molecule has 3 rings (SSSR count). The number of amides is 2. The van der Waals surface area contributed by atoms with Gasteiger partial charge < -0.3 is 19.3 Å². The van der Waals surface area contributed by atoms with Crippen LogP contribution in [0.1, 0.15) is 29.9 Å². The fraction of sp³-hybridized carbons (Fsp3) is 0.500. The Labute approximate surface area is 174 Å². The summed E-state index contributed by atoms with van der Waals surface area (Å²) in [6.07, 6.45) is 1.13. The SMILES string of the molecule is COc1cccc(COC2CN(CC(C)C)C(=O)CN(C(=O)c3cnsn3)C2)c1. The molecule has 1 atom stereocenters. The van der Waals surface area contributed by atoms with Gasteiger partial charge in [-0.25, -0.2) is 0 Å². The van der Waals surface area contributed by atoms with Crippen LogP contribution in [0.15, 0.2) is 30.5 Å². The van der Waals surface area contributed by atoms with E-state index in [0.29, 0.717) is 32.2 Å². The quantitative estimate of drug-likeness (QED) is 0.684. The molecule has 1 unspecified atom stereocenters. The minimum Gasteiger partial charge on any atom is -0.497 e. The van der Waals surface area contributed by atoms with Crippen LogP contribution in [0.25, 0.3) is 0 Å². The molecule has 0 saturated carbocycles. The minimum absolute atomic E-state index is 0.0160. The van der Waals surface area contributed by atoms with Crippen LogP contribution in [-0.4, -0.2) is 69.8 Å². The van der Waals surface area contributed by atoms with E-state index < -0.39 is 0 Å². The second-order valence-corrected chi connectivity index (χ2v) is 8.01. The van der Waals surface area contributed by atoms with Crippen molar-refractivity contribution >= 4 is 23.5 Å². The third-order valence-corrected chi connectivity index (χ3v) is 5.08. The molecule has 2 heterocycles. The number of rotatable bonds is 7. The first-order valence-electron chi connectivity index (χ1n) is 9.55. The molecule has 0 spiro atoms. The third kappa shape index (κ3) is 5.74. The maximum atomic E-state index is 12.8. The lowest BCUT2D eigenvalue weighted by Crippen LogP contribution is -2.40. The Bertz CT molecular complexity index is 828. The van der Waals surface area contributed by atoms with E-state index >= 15 is 0 Å². The van der Waals surface area contributed by atoms with Gasteiger partial charge in [0.1, 0.15) is 12.3 Å². The maximum Gasteiger partial charge on any atom is 0.275 e. The monoisotopic (exact) mass is 418 g/mol. The van der Waals surface area contributed by atoms with Crippen molar-refractivity contribution in [1.82, 2.24) is 18.5 Å². The second kappa shape index (κ2) is 9.80. The molecule has 0 N–H and O–H groups in total. The summed E-state index contributed by atoms with van der Waals surface area (Å²) in [5, 5.41) is 0. The Morgan fingerprint density at radius 3 is 2.86 bits per heavy atom. The molecule has 156 valence electrons. The van der Waals surface area contributed by atoms with Gasteiger partial charge in [-0.1, -0.05) is 26.0 Å².